The Labute approximate surface area is 125 Å². The fourth-order valence-corrected chi connectivity index (χ4v) is 2.31. The minimum Gasteiger partial charge on any atom is -0.461 e. The van der Waals surface area contributed by atoms with Crippen molar-refractivity contribution in [1.82, 2.24) is 4.57 Å². The molecule has 21 heavy (non-hydrogen) atoms. The summed E-state index contributed by atoms with van der Waals surface area (Å²) in [5, 5.41) is 0. The highest BCUT2D eigenvalue weighted by atomic mass is 16.5. The van der Waals surface area contributed by atoms with Crippen molar-refractivity contribution in [2.75, 3.05) is 6.61 Å². The van der Waals surface area contributed by atoms with Crippen molar-refractivity contribution in [3.8, 4) is 0 Å². The number of ether oxygens (including phenoxy) is 2. The minimum absolute atomic E-state index is 0.300. The monoisotopic (exact) mass is 287 g/mol. The van der Waals surface area contributed by atoms with Gasteiger partial charge in [0.15, 0.2) is 0 Å². The van der Waals surface area contributed by atoms with E-state index in [1.54, 1.807) is 6.92 Å². The highest BCUT2D eigenvalue weighted by Gasteiger charge is 2.18. The molecule has 0 fully saturated rings. The van der Waals surface area contributed by atoms with Crippen LogP contribution >= 0.6 is 0 Å². The number of hydrogen-bond donors (Lipinski definition) is 0. The first kappa shape index (κ1) is 15.3. The van der Waals surface area contributed by atoms with Crippen LogP contribution in [0.25, 0.3) is 0 Å². The van der Waals surface area contributed by atoms with E-state index < -0.39 is 0 Å². The molecule has 0 aliphatic heterocycles. The zero-order chi connectivity index (χ0) is 15.2. The van der Waals surface area contributed by atoms with Crippen LogP contribution in [0.2, 0.25) is 0 Å². The quantitative estimate of drug-likeness (QED) is 0.764. The molecule has 4 heteroatoms. The maximum absolute atomic E-state index is 12.0. The minimum atomic E-state index is -0.300. The van der Waals surface area contributed by atoms with Gasteiger partial charge in [-0.15, -0.1) is 0 Å². The maximum atomic E-state index is 12.0. The van der Waals surface area contributed by atoms with Gasteiger partial charge in [0.2, 0.25) is 0 Å². The lowest BCUT2D eigenvalue weighted by molar-refractivity contribution is 0.0430. The van der Waals surface area contributed by atoms with Gasteiger partial charge in [-0.25, -0.2) is 4.79 Å². The van der Waals surface area contributed by atoms with Crippen LogP contribution in [0.15, 0.2) is 36.4 Å². The maximum Gasteiger partial charge on any atom is 0.355 e. The summed E-state index contributed by atoms with van der Waals surface area (Å²) in [6.07, 6.45) is 0. The first-order chi connectivity index (χ1) is 10.1. The summed E-state index contributed by atoms with van der Waals surface area (Å²) in [4.78, 5) is 12.0. The van der Waals surface area contributed by atoms with Crippen molar-refractivity contribution in [3.63, 3.8) is 0 Å². The number of nitrogens with zero attached hydrogens (tertiary/aromatic N) is 1. The van der Waals surface area contributed by atoms with Gasteiger partial charge in [0.05, 0.1) is 13.2 Å². The van der Waals surface area contributed by atoms with Gasteiger partial charge in [-0.05, 0) is 38.0 Å². The molecule has 0 aliphatic carbocycles. The Balaban J connectivity index is 2.07. The summed E-state index contributed by atoms with van der Waals surface area (Å²) < 4.78 is 12.7. The number of aryl methyl sites for hydroxylation is 2. The second-order valence-electron chi connectivity index (χ2n) is 4.93. The molecule has 0 N–H and O–H groups in total. The van der Waals surface area contributed by atoms with E-state index in [9.17, 15) is 4.79 Å². The number of rotatable bonds is 6. The van der Waals surface area contributed by atoms with Gasteiger partial charge in [-0.2, -0.15) is 0 Å². The van der Waals surface area contributed by atoms with Crippen LogP contribution in [-0.4, -0.2) is 17.1 Å². The molecule has 0 radical (unpaired) electrons. The lowest BCUT2D eigenvalue weighted by Gasteiger charge is -2.12. The summed E-state index contributed by atoms with van der Waals surface area (Å²) in [5.74, 6) is -0.300. The Bertz CT molecular complexity index is 602. The van der Waals surface area contributed by atoms with Gasteiger partial charge in [-0.1, -0.05) is 30.3 Å². The van der Waals surface area contributed by atoms with Gasteiger partial charge >= 0.3 is 5.97 Å². The molecule has 0 unspecified atom stereocenters. The van der Waals surface area contributed by atoms with Crippen molar-refractivity contribution in [1.29, 1.82) is 0 Å². The van der Waals surface area contributed by atoms with Crippen LogP contribution in [0, 0.1) is 13.8 Å². The zero-order valence-corrected chi connectivity index (χ0v) is 12.8. The molecule has 0 amide bonds. The van der Waals surface area contributed by atoms with Crippen LogP contribution in [-0.2, 0) is 22.8 Å². The molecule has 2 aromatic rings. The summed E-state index contributed by atoms with van der Waals surface area (Å²) in [5.41, 5.74) is 3.58. The molecule has 0 spiro atoms. The van der Waals surface area contributed by atoms with Gasteiger partial charge in [0.1, 0.15) is 12.4 Å². The first-order valence-electron chi connectivity index (χ1n) is 7.09. The van der Waals surface area contributed by atoms with Gasteiger partial charge < -0.3 is 14.0 Å². The molecular formula is C17H21NO3. The third-order valence-corrected chi connectivity index (χ3v) is 3.30. The lowest BCUT2D eigenvalue weighted by atomic mass is 10.2. The van der Waals surface area contributed by atoms with Gasteiger partial charge in [0, 0.05) is 5.69 Å². The molecule has 4 nitrogen and oxygen atoms in total. The van der Waals surface area contributed by atoms with E-state index in [0.717, 1.165) is 16.8 Å². The largest absolute Gasteiger partial charge is 0.461 e. The Morgan fingerprint density at radius 2 is 1.90 bits per heavy atom. The van der Waals surface area contributed by atoms with E-state index in [-0.39, 0.29) is 5.97 Å². The Morgan fingerprint density at radius 1 is 1.19 bits per heavy atom. The van der Waals surface area contributed by atoms with E-state index in [1.807, 2.05) is 54.8 Å². The number of benzene rings is 1. The Morgan fingerprint density at radius 3 is 2.57 bits per heavy atom. The highest BCUT2D eigenvalue weighted by molar-refractivity contribution is 5.89. The lowest BCUT2D eigenvalue weighted by Crippen LogP contribution is -2.15. The Hall–Kier alpha value is -2.07. The third-order valence-electron chi connectivity index (χ3n) is 3.30. The molecule has 0 atom stereocenters. The second kappa shape index (κ2) is 7.09. The van der Waals surface area contributed by atoms with Gasteiger partial charge in [0.25, 0.3) is 0 Å². The van der Waals surface area contributed by atoms with Gasteiger partial charge in [-0.3, -0.25) is 0 Å². The number of hydrogen-bond acceptors (Lipinski definition) is 3. The summed E-state index contributed by atoms with van der Waals surface area (Å²) in [6, 6.07) is 11.9. The van der Waals surface area contributed by atoms with Crippen molar-refractivity contribution in [2.45, 2.75) is 34.1 Å². The van der Waals surface area contributed by atoms with E-state index in [2.05, 4.69) is 0 Å². The third kappa shape index (κ3) is 3.73. The van der Waals surface area contributed by atoms with Crippen molar-refractivity contribution >= 4 is 5.97 Å². The average Bonchev–Trinajstić information content (AvgIpc) is 2.75. The zero-order valence-electron chi connectivity index (χ0n) is 12.8. The van der Waals surface area contributed by atoms with Crippen molar-refractivity contribution < 1.29 is 14.3 Å². The SMILES string of the molecule is CCOC(=O)c1c(C)cc(C)n1COCc1ccccc1. The van der Waals surface area contributed by atoms with Crippen LogP contribution in [0.1, 0.15) is 34.2 Å². The topological polar surface area (TPSA) is 40.5 Å². The first-order valence-corrected chi connectivity index (χ1v) is 7.09. The number of esters is 1. The van der Waals surface area contributed by atoms with E-state index >= 15 is 0 Å². The number of carbonyl (C=O) groups is 1. The number of aromatic nitrogens is 1. The molecule has 0 saturated carbocycles. The normalized spacial score (nSPS) is 10.6. The van der Waals surface area contributed by atoms with Crippen molar-refractivity contribution in [3.05, 3.63) is 58.9 Å². The predicted octanol–water partition coefficient (Wildman–Crippen LogP) is 3.46. The fraction of sp³-hybridized carbons (Fsp3) is 0.353. The summed E-state index contributed by atoms with van der Waals surface area (Å²) in [6.45, 7) is 6.89. The second-order valence-corrected chi connectivity index (χ2v) is 4.93. The average molecular weight is 287 g/mol. The molecule has 2 rings (SSSR count). The summed E-state index contributed by atoms with van der Waals surface area (Å²) in [7, 11) is 0. The molecule has 112 valence electrons. The molecule has 0 saturated heterocycles. The Kier molecular flexibility index (Phi) is 5.17. The smallest absolute Gasteiger partial charge is 0.355 e. The van der Waals surface area contributed by atoms with Crippen LogP contribution in [0.3, 0.4) is 0 Å². The molecule has 1 heterocycles. The van der Waals surface area contributed by atoms with Crippen LogP contribution in [0.5, 0.6) is 0 Å². The molecule has 0 bridgehead atoms. The van der Waals surface area contributed by atoms with E-state index in [1.165, 1.54) is 0 Å². The molecule has 1 aromatic carbocycles. The van der Waals surface area contributed by atoms with Crippen LogP contribution in [0.4, 0.5) is 0 Å². The van der Waals surface area contributed by atoms with Crippen molar-refractivity contribution in [2.24, 2.45) is 0 Å². The molecular weight excluding hydrogens is 266 g/mol. The standard InChI is InChI=1S/C17H21NO3/c1-4-21-17(19)16-13(2)10-14(3)18(16)12-20-11-15-8-6-5-7-9-15/h5-10H,4,11-12H2,1-3H3. The summed E-state index contributed by atoms with van der Waals surface area (Å²) >= 11 is 0. The highest BCUT2D eigenvalue weighted by Crippen LogP contribution is 2.17. The predicted molar refractivity (Wildman–Crippen MR) is 81.1 cm³/mol. The van der Waals surface area contributed by atoms with Crippen LogP contribution < -0.4 is 0 Å². The molecule has 1 aromatic heterocycles. The van der Waals surface area contributed by atoms with E-state index in [4.69, 9.17) is 9.47 Å². The number of carbonyl (C=O) groups excluding carboxylic acids is 1. The molecule has 0 aliphatic rings. The van der Waals surface area contributed by atoms with E-state index in [0.29, 0.717) is 25.6 Å². The fourth-order valence-electron chi connectivity index (χ4n) is 2.31.